The summed E-state index contributed by atoms with van der Waals surface area (Å²) in [6.45, 7) is 11.9. The van der Waals surface area contributed by atoms with Crippen LogP contribution in [-0.4, -0.2) is 134 Å². The van der Waals surface area contributed by atoms with Crippen molar-refractivity contribution in [3.63, 3.8) is 0 Å². The van der Waals surface area contributed by atoms with Gasteiger partial charge in [-0.2, -0.15) is 0 Å². The van der Waals surface area contributed by atoms with Crippen LogP contribution in [0.25, 0.3) is 21.8 Å². The molecule has 17 N–H and O–H groups in total. The number of carboxylic acids is 1. The van der Waals surface area contributed by atoms with E-state index in [2.05, 4.69) is 57.2 Å². The van der Waals surface area contributed by atoms with Crippen LogP contribution in [0.15, 0.2) is 73.4 Å². The van der Waals surface area contributed by atoms with Gasteiger partial charge in [-0.1, -0.05) is 84.4 Å². The number of carbonyl (C=O) groups excluding carboxylic acids is 7. The number of carboxylic acid groups (broad SMARTS) is 1. The highest BCUT2D eigenvalue weighted by Crippen LogP contribution is 2.22. The van der Waals surface area contributed by atoms with Gasteiger partial charge >= 0.3 is 5.97 Å². The predicted molar refractivity (Wildman–Crippen MR) is 310 cm³/mol. The maximum absolute atomic E-state index is 14.9. The number of H-pyrrole nitrogens is 3. The van der Waals surface area contributed by atoms with E-state index in [1.165, 1.54) is 12.5 Å². The van der Waals surface area contributed by atoms with Crippen LogP contribution in [0.2, 0.25) is 0 Å². The Morgan fingerprint density at radius 1 is 0.481 bits per heavy atom. The van der Waals surface area contributed by atoms with Crippen molar-refractivity contribution in [1.82, 2.24) is 57.2 Å². The quantitative estimate of drug-likeness (QED) is 0.0260. The van der Waals surface area contributed by atoms with E-state index in [9.17, 15) is 43.5 Å². The van der Waals surface area contributed by atoms with Crippen LogP contribution in [0.4, 0.5) is 0 Å². The number of imidazole rings is 1. The second kappa shape index (κ2) is 32.0. The molecule has 0 unspecified atom stereocenters. The monoisotopic (exact) mass is 1120 g/mol. The molecule has 0 bridgehead atoms. The van der Waals surface area contributed by atoms with Gasteiger partial charge in [-0.25, -0.2) is 9.78 Å². The maximum atomic E-state index is 14.9. The van der Waals surface area contributed by atoms with Crippen LogP contribution in [0, 0.1) is 17.8 Å². The molecule has 23 heteroatoms. The number of aromatic amines is 3. The van der Waals surface area contributed by atoms with E-state index in [1.54, 1.807) is 12.4 Å². The minimum atomic E-state index is -1.34. The first-order chi connectivity index (χ1) is 38.7. The number of amides is 7. The number of nitrogens with one attached hydrogen (secondary N) is 10. The Balaban J connectivity index is 1.43. The Bertz CT molecular complexity index is 2850. The van der Waals surface area contributed by atoms with Gasteiger partial charge in [0.2, 0.25) is 41.4 Å². The molecule has 81 heavy (non-hydrogen) atoms. The van der Waals surface area contributed by atoms with Crippen LogP contribution >= 0.6 is 0 Å². The first-order valence-corrected chi connectivity index (χ1v) is 28.3. The summed E-state index contributed by atoms with van der Waals surface area (Å²) in [6, 6.07) is 5.22. The second-order valence-electron chi connectivity index (χ2n) is 22.2. The van der Waals surface area contributed by atoms with Crippen LogP contribution in [0.5, 0.6) is 0 Å². The van der Waals surface area contributed by atoms with Crippen LogP contribution in [0.3, 0.4) is 0 Å². The van der Waals surface area contributed by atoms with Gasteiger partial charge in [0, 0.05) is 65.4 Å². The molecule has 442 valence electrons. The zero-order valence-corrected chi connectivity index (χ0v) is 47.6. The molecule has 3 aromatic heterocycles. The van der Waals surface area contributed by atoms with Crippen molar-refractivity contribution in [2.24, 2.45) is 35.0 Å². The Hall–Kier alpha value is -7.63. The van der Waals surface area contributed by atoms with Gasteiger partial charge in [-0.05, 0) is 105 Å². The molecular formula is C58H86N14O9. The molecule has 0 saturated heterocycles. The highest BCUT2D eigenvalue weighted by Gasteiger charge is 2.36. The zero-order valence-electron chi connectivity index (χ0n) is 47.6. The molecular weight excluding hydrogens is 1040 g/mol. The molecule has 5 rings (SSSR count). The Morgan fingerprint density at radius 3 is 1.31 bits per heavy atom. The fraction of sp³-hybridized carbons (Fsp3) is 0.534. The number of aromatic nitrogens is 4. The number of unbranched alkanes of at least 4 members (excludes halogenated alkanes) is 2. The average molecular weight is 1120 g/mol. The third-order valence-electron chi connectivity index (χ3n) is 14.0. The van der Waals surface area contributed by atoms with Crippen molar-refractivity contribution in [3.05, 3.63) is 90.3 Å². The largest absolute Gasteiger partial charge is 0.480 e. The number of hydrogen-bond acceptors (Lipinski definition) is 12. The summed E-state index contributed by atoms with van der Waals surface area (Å²) in [5.74, 6) is -6.47. The van der Waals surface area contributed by atoms with E-state index in [-0.39, 0.29) is 62.7 Å². The lowest BCUT2D eigenvalue weighted by Gasteiger charge is -2.29. The lowest BCUT2D eigenvalue weighted by atomic mass is 9.98. The summed E-state index contributed by atoms with van der Waals surface area (Å²) >= 11 is 0. The second-order valence-corrected chi connectivity index (χ2v) is 22.2. The van der Waals surface area contributed by atoms with Gasteiger partial charge in [0.25, 0.3) is 0 Å². The Labute approximate surface area is 473 Å². The van der Waals surface area contributed by atoms with E-state index >= 15 is 0 Å². The van der Waals surface area contributed by atoms with Crippen molar-refractivity contribution >= 4 is 69.1 Å². The molecule has 23 nitrogen and oxygen atoms in total. The lowest BCUT2D eigenvalue weighted by molar-refractivity contribution is -0.142. The van der Waals surface area contributed by atoms with E-state index < -0.39 is 95.7 Å². The van der Waals surface area contributed by atoms with Crippen molar-refractivity contribution in [2.75, 3.05) is 13.1 Å². The summed E-state index contributed by atoms with van der Waals surface area (Å²) in [4.78, 5) is 126. The smallest absolute Gasteiger partial charge is 0.326 e. The summed E-state index contributed by atoms with van der Waals surface area (Å²) < 4.78 is 0. The summed E-state index contributed by atoms with van der Waals surface area (Å²) in [5.41, 5.74) is 21.1. The number of aliphatic carboxylic acids is 1. The zero-order chi connectivity index (χ0) is 59.2. The number of rotatable bonds is 35. The molecule has 0 aliphatic heterocycles. The third-order valence-corrected chi connectivity index (χ3v) is 14.0. The van der Waals surface area contributed by atoms with Gasteiger partial charge in [0.1, 0.15) is 42.3 Å². The van der Waals surface area contributed by atoms with E-state index in [0.717, 1.165) is 21.8 Å². The molecule has 0 spiro atoms. The van der Waals surface area contributed by atoms with Gasteiger partial charge in [-0.15, -0.1) is 0 Å². The first-order valence-electron chi connectivity index (χ1n) is 28.3. The Kier molecular flexibility index (Phi) is 25.3. The third kappa shape index (κ3) is 20.1. The van der Waals surface area contributed by atoms with Gasteiger partial charge < -0.3 is 74.5 Å². The average Bonchev–Trinajstić information content (AvgIpc) is 4.27. The SMILES string of the molecule is CC(C)C[C@@H](NC(=O)[C@H](Cc1c[nH]c2ccccc12)NC(=O)[C@@H](CC(C)C)NC(=O)[C@H](Cc1c[nH]c2ccccc12)NC(=O)[C@@H](CC(C)C)NC(=O)[C@H](CCCCN)NC(=O)[C@@H](Cc1cnc[nH]1)NC(=O)[C@@H](N)CCCCN)C(=O)O. The number of nitrogens with two attached hydrogens (primary N) is 3. The van der Waals surface area contributed by atoms with E-state index in [1.807, 2.05) is 90.1 Å². The first kappa shape index (κ1) is 64.2. The lowest BCUT2D eigenvalue weighted by Crippen LogP contribution is -2.61. The highest BCUT2D eigenvalue weighted by atomic mass is 16.4. The molecule has 8 atom stereocenters. The minimum Gasteiger partial charge on any atom is -0.480 e. The number of fused-ring (bicyclic) bond motifs is 2. The summed E-state index contributed by atoms with van der Waals surface area (Å²) in [5, 5.41) is 31.3. The van der Waals surface area contributed by atoms with Crippen molar-refractivity contribution < 1.29 is 43.5 Å². The van der Waals surface area contributed by atoms with E-state index in [4.69, 9.17) is 17.2 Å². The number of hydrogen-bond donors (Lipinski definition) is 14. The van der Waals surface area contributed by atoms with Crippen LogP contribution < -0.4 is 54.4 Å². The summed E-state index contributed by atoms with van der Waals surface area (Å²) in [7, 11) is 0. The molecule has 0 fully saturated rings. The molecule has 3 heterocycles. The number of nitrogens with zero attached hydrogens (tertiary/aromatic N) is 1. The van der Waals surface area contributed by atoms with Crippen molar-refractivity contribution in [3.8, 4) is 0 Å². The fourth-order valence-electron chi connectivity index (χ4n) is 9.70. The predicted octanol–water partition coefficient (Wildman–Crippen LogP) is 2.60. The van der Waals surface area contributed by atoms with Crippen molar-refractivity contribution in [1.29, 1.82) is 0 Å². The fourth-order valence-corrected chi connectivity index (χ4v) is 9.70. The van der Waals surface area contributed by atoms with Crippen molar-refractivity contribution in [2.45, 2.75) is 167 Å². The minimum absolute atomic E-state index is 0.00520. The number of para-hydroxylation sites is 2. The van der Waals surface area contributed by atoms with Crippen LogP contribution in [-0.2, 0) is 57.6 Å². The molecule has 0 aliphatic rings. The molecule has 7 amide bonds. The van der Waals surface area contributed by atoms with Crippen LogP contribution in [0.1, 0.15) is 116 Å². The number of benzene rings is 2. The molecule has 0 saturated carbocycles. The van der Waals surface area contributed by atoms with Gasteiger partial charge in [0.05, 0.1) is 12.4 Å². The number of carbonyl (C=O) groups is 8. The Morgan fingerprint density at radius 2 is 0.864 bits per heavy atom. The van der Waals surface area contributed by atoms with E-state index in [0.29, 0.717) is 62.0 Å². The molecule has 0 aliphatic carbocycles. The molecule has 5 aromatic rings. The standard InChI is InChI=1S/C58H86N14O9/c1-33(2)23-45(68-52(74)44(20-12-14-22-60)66-57(79)49(28-38-31-62-32-65-38)67-51(73)41(61)17-11-13-21-59)53(75)70-47(26-36-29-63-42-18-9-7-15-39(36)42)55(77)69-46(24-34(3)4)54(76)71-48(56(78)72-50(58(80)81)25-35(5)6)27-37-30-64-43-19-10-8-16-40(37)43/h7-10,15-16,18-19,29-35,41,44-50,63-64H,11-14,17,20-28,59-61H2,1-6H3,(H,62,65)(H,66,79)(H,67,73)(H,68,74)(H,69,77)(H,70,75)(H,71,76)(H,72,78)(H,80,81)/t41-,44-,45+,46+,47-,48-,49+,50+/m0/s1. The molecule has 0 radical (unpaired) electrons. The maximum Gasteiger partial charge on any atom is 0.326 e. The molecule has 2 aromatic carbocycles. The normalized spacial score (nSPS) is 14.6. The topological polar surface area (TPSA) is 379 Å². The highest BCUT2D eigenvalue weighted by molar-refractivity contribution is 5.98. The summed E-state index contributed by atoms with van der Waals surface area (Å²) in [6.07, 6.45) is 9.35. The van der Waals surface area contributed by atoms with Gasteiger partial charge in [-0.3, -0.25) is 33.6 Å². The van der Waals surface area contributed by atoms with Gasteiger partial charge in [0.15, 0.2) is 0 Å².